The Labute approximate surface area is 149 Å². The molecule has 1 saturated heterocycles. The largest absolute Gasteiger partial charge is 0.336 e. The summed E-state index contributed by atoms with van der Waals surface area (Å²) in [5, 5.41) is 6.87. The van der Waals surface area contributed by atoms with Crippen LogP contribution in [0.1, 0.15) is 57.7 Å². The van der Waals surface area contributed by atoms with E-state index in [1.54, 1.807) is 11.0 Å². The number of hydrogen-bond donors (Lipinski definition) is 1. The van der Waals surface area contributed by atoms with Crippen molar-refractivity contribution in [2.75, 3.05) is 19.6 Å². The van der Waals surface area contributed by atoms with Gasteiger partial charge in [-0.15, -0.1) is 0 Å². The van der Waals surface area contributed by atoms with Crippen LogP contribution in [-0.4, -0.2) is 57.5 Å². The number of carbonyl (C=O) groups is 2. The molecular formula is C19H30N4O2. The molecule has 2 fully saturated rings. The first-order valence-electron chi connectivity index (χ1n) is 9.07. The second kappa shape index (κ2) is 5.32. The van der Waals surface area contributed by atoms with E-state index in [1.165, 1.54) is 0 Å². The van der Waals surface area contributed by atoms with Crippen molar-refractivity contribution < 1.29 is 9.59 Å². The molecule has 1 atom stereocenters. The van der Waals surface area contributed by atoms with Gasteiger partial charge >= 0.3 is 0 Å². The average Bonchev–Trinajstić information content (AvgIpc) is 2.88. The van der Waals surface area contributed by atoms with Gasteiger partial charge in [-0.05, 0) is 37.7 Å². The fourth-order valence-electron chi connectivity index (χ4n) is 4.55. The molecule has 6 heteroatoms. The Bertz CT molecular complexity index is 705. The first-order chi connectivity index (χ1) is 11.4. The van der Waals surface area contributed by atoms with Gasteiger partial charge in [0.05, 0.1) is 5.41 Å². The Morgan fingerprint density at radius 1 is 1.16 bits per heavy atom. The zero-order valence-corrected chi connectivity index (χ0v) is 16.4. The van der Waals surface area contributed by atoms with Crippen LogP contribution in [0, 0.1) is 23.2 Å². The van der Waals surface area contributed by atoms with Gasteiger partial charge in [-0.1, -0.05) is 27.7 Å². The number of H-pyrrole nitrogens is 1. The molecule has 1 aliphatic carbocycles. The van der Waals surface area contributed by atoms with Gasteiger partial charge in [-0.3, -0.25) is 14.7 Å². The second-order valence-electron chi connectivity index (χ2n) is 8.91. The Morgan fingerprint density at radius 2 is 1.76 bits per heavy atom. The highest BCUT2D eigenvalue weighted by molar-refractivity contribution is 5.93. The van der Waals surface area contributed by atoms with E-state index in [1.807, 2.05) is 18.7 Å². The third-order valence-corrected chi connectivity index (χ3v) is 7.53. The highest BCUT2D eigenvalue weighted by Crippen LogP contribution is 2.78. The molecule has 6 nitrogen and oxygen atoms in total. The number of hydrogen-bond acceptors (Lipinski definition) is 3. The van der Waals surface area contributed by atoms with Gasteiger partial charge in [0.15, 0.2) is 0 Å². The standard InChI is InChI=1S/C19H30N4O2/c1-12-10-14(21-20-12)15(24)22-8-9-23(13(2)11-22)16(25)19(7)17(3,4)18(19,5)6/h10,13H,8-9,11H2,1-7H3,(H,20,21)/t13-/m1/s1. The van der Waals surface area contributed by atoms with E-state index in [4.69, 9.17) is 0 Å². The van der Waals surface area contributed by atoms with Crippen molar-refractivity contribution in [1.82, 2.24) is 20.0 Å². The fourth-order valence-corrected chi connectivity index (χ4v) is 4.55. The van der Waals surface area contributed by atoms with E-state index in [0.717, 1.165) is 5.69 Å². The molecule has 2 amide bonds. The van der Waals surface area contributed by atoms with Crippen molar-refractivity contribution in [3.63, 3.8) is 0 Å². The molecule has 25 heavy (non-hydrogen) atoms. The van der Waals surface area contributed by atoms with Gasteiger partial charge in [-0.2, -0.15) is 5.10 Å². The lowest BCUT2D eigenvalue weighted by Gasteiger charge is -2.41. The molecule has 1 aromatic heterocycles. The molecule has 0 unspecified atom stereocenters. The quantitative estimate of drug-likeness (QED) is 0.894. The van der Waals surface area contributed by atoms with Crippen molar-refractivity contribution in [3.8, 4) is 0 Å². The number of amides is 2. The summed E-state index contributed by atoms with van der Waals surface area (Å²) in [5.74, 6) is 0.152. The monoisotopic (exact) mass is 346 g/mol. The van der Waals surface area contributed by atoms with Crippen LogP contribution in [0.2, 0.25) is 0 Å². The second-order valence-corrected chi connectivity index (χ2v) is 8.91. The minimum atomic E-state index is -0.347. The number of piperazine rings is 1. The summed E-state index contributed by atoms with van der Waals surface area (Å²) in [7, 11) is 0. The average molecular weight is 346 g/mol. The zero-order valence-electron chi connectivity index (χ0n) is 16.4. The van der Waals surface area contributed by atoms with Gasteiger partial charge in [0.1, 0.15) is 5.69 Å². The molecule has 2 heterocycles. The molecule has 2 aliphatic rings. The molecule has 0 radical (unpaired) electrons. The van der Waals surface area contributed by atoms with E-state index >= 15 is 0 Å². The number of aromatic amines is 1. The lowest BCUT2D eigenvalue weighted by atomic mass is 9.94. The van der Waals surface area contributed by atoms with Crippen LogP contribution in [-0.2, 0) is 4.79 Å². The highest BCUT2D eigenvalue weighted by atomic mass is 16.2. The third-order valence-electron chi connectivity index (χ3n) is 7.53. The van der Waals surface area contributed by atoms with Gasteiger partial charge in [0, 0.05) is 31.4 Å². The molecule has 1 saturated carbocycles. The molecule has 0 aromatic carbocycles. The molecular weight excluding hydrogens is 316 g/mol. The maximum absolute atomic E-state index is 13.3. The Morgan fingerprint density at radius 3 is 2.20 bits per heavy atom. The number of carbonyl (C=O) groups excluding carboxylic acids is 2. The maximum Gasteiger partial charge on any atom is 0.274 e. The lowest BCUT2D eigenvalue weighted by Crippen LogP contribution is -2.57. The number of aryl methyl sites for hydroxylation is 1. The highest BCUT2D eigenvalue weighted by Gasteiger charge is 2.78. The van der Waals surface area contributed by atoms with E-state index in [-0.39, 0.29) is 34.1 Å². The van der Waals surface area contributed by atoms with Crippen LogP contribution < -0.4 is 0 Å². The number of nitrogens with zero attached hydrogens (tertiary/aromatic N) is 3. The molecule has 1 N–H and O–H groups in total. The van der Waals surface area contributed by atoms with Crippen molar-refractivity contribution in [2.24, 2.45) is 16.2 Å². The van der Waals surface area contributed by atoms with E-state index in [2.05, 4.69) is 44.8 Å². The molecule has 1 aromatic rings. The van der Waals surface area contributed by atoms with Crippen LogP contribution in [0.25, 0.3) is 0 Å². The predicted octanol–water partition coefficient (Wildman–Crippen LogP) is 2.46. The fraction of sp³-hybridized carbons (Fsp3) is 0.737. The summed E-state index contributed by atoms with van der Waals surface area (Å²) in [6, 6.07) is 1.77. The van der Waals surface area contributed by atoms with Crippen molar-refractivity contribution in [3.05, 3.63) is 17.5 Å². The summed E-state index contributed by atoms with van der Waals surface area (Å²) >= 11 is 0. The van der Waals surface area contributed by atoms with E-state index < -0.39 is 0 Å². The van der Waals surface area contributed by atoms with Crippen molar-refractivity contribution in [1.29, 1.82) is 0 Å². The molecule has 0 bridgehead atoms. The molecule has 3 rings (SSSR count). The Hall–Kier alpha value is -1.85. The molecule has 138 valence electrons. The normalized spacial score (nSPS) is 26.4. The summed E-state index contributed by atoms with van der Waals surface area (Å²) in [4.78, 5) is 29.6. The summed E-state index contributed by atoms with van der Waals surface area (Å²) in [6.45, 7) is 16.4. The third kappa shape index (κ3) is 2.26. The first kappa shape index (κ1) is 18.0. The van der Waals surface area contributed by atoms with Crippen LogP contribution in [0.15, 0.2) is 6.07 Å². The SMILES string of the molecule is Cc1cc(C(=O)N2CCN(C(=O)C3(C)C(C)(C)C3(C)C)[C@H](C)C2)n[nH]1. The van der Waals surface area contributed by atoms with Gasteiger partial charge in [-0.25, -0.2) is 0 Å². The first-order valence-corrected chi connectivity index (χ1v) is 9.07. The zero-order chi connectivity index (χ0) is 18.8. The smallest absolute Gasteiger partial charge is 0.274 e. The van der Waals surface area contributed by atoms with Crippen molar-refractivity contribution in [2.45, 2.75) is 54.5 Å². The van der Waals surface area contributed by atoms with Crippen LogP contribution in [0.5, 0.6) is 0 Å². The van der Waals surface area contributed by atoms with Crippen LogP contribution in [0.3, 0.4) is 0 Å². The summed E-state index contributed by atoms with van der Waals surface area (Å²) in [5.41, 5.74) is 0.934. The minimum Gasteiger partial charge on any atom is -0.336 e. The van der Waals surface area contributed by atoms with E-state index in [0.29, 0.717) is 25.3 Å². The minimum absolute atomic E-state index is 0.00858. The van der Waals surface area contributed by atoms with Gasteiger partial charge < -0.3 is 9.80 Å². The van der Waals surface area contributed by atoms with Gasteiger partial charge in [0.2, 0.25) is 5.91 Å². The Kier molecular flexibility index (Phi) is 3.82. The van der Waals surface area contributed by atoms with E-state index in [9.17, 15) is 9.59 Å². The number of aromatic nitrogens is 2. The number of rotatable bonds is 2. The summed E-state index contributed by atoms with van der Waals surface area (Å²) in [6.07, 6.45) is 0. The van der Waals surface area contributed by atoms with Crippen molar-refractivity contribution >= 4 is 11.8 Å². The van der Waals surface area contributed by atoms with Crippen LogP contribution in [0.4, 0.5) is 0 Å². The predicted molar refractivity (Wildman–Crippen MR) is 96.1 cm³/mol. The molecule has 0 spiro atoms. The maximum atomic E-state index is 13.3. The van der Waals surface area contributed by atoms with Crippen LogP contribution >= 0.6 is 0 Å². The summed E-state index contributed by atoms with van der Waals surface area (Å²) < 4.78 is 0. The Balaban J connectivity index is 1.71. The van der Waals surface area contributed by atoms with Gasteiger partial charge in [0.25, 0.3) is 5.91 Å². The lowest BCUT2D eigenvalue weighted by molar-refractivity contribution is -0.142. The number of nitrogens with one attached hydrogen (secondary N) is 1. The topological polar surface area (TPSA) is 69.3 Å². The molecule has 1 aliphatic heterocycles.